The summed E-state index contributed by atoms with van der Waals surface area (Å²) in [5, 5.41) is 52.7. The fourth-order valence-corrected chi connectivity index (χ4v) is 7.02. The van der Waals surface area contributed by atoms with Crippen LogP contribution in [0.3, 0.4) is 0 Å². The zero-order valence-electron chi connectivity index (χ0n) is 27.3. The van der Waals surface area contributed by atoms with Crippen LogP contribution in [-0.4, -0.2) is 21.2 Å². The van der Waals surface area contributed by atoms with E-state index in [1.165, 1.54) is 16.5 Å². The molecule has 6 nitrogen and oxygen atoms in total. The number of hydrogen-bond donors (Lipinski definition) is 6. The van der Waals surface area contributed by atoms with E-state index in [2.05, 4.69) is 89.5 Å². The van der Waals surface area contributed by atoms with Gasteiger partial charge in [-0.1, -0.05) is 103 Å². The first-order chi connectivity index (χ1) is 23.2. The lowest BCUT2D eigenvalue weighted by molar-refractivity contribution is 0.358. The maximum Gasteiger partial charge on any atom is 0.200 e. The van der Waals surface area contributed by atoms with Gasteiger partial charge < -0.3 is 20.6 Å². The number of aromatic hydroxyl groups is 3. The van der Waals surface area contributed by atoms with Crippen LogP contribution in [0.25, 0.3) is 38.7 Å². The molecule has 0 aliphatic heterocycles. The van der Waals surface area contributed by atoms with E-state index in [9.17, 15) is 20.7 Å². The first-order valence-corrected chi connectivity index (χ1v) is 16.4. The molecule has 0 radical (unpaired) electrons. The third-order valence-corrected chi connectivity index (χ3v) is 9.78. The predicted molar refractivity (Wildman–Crippen MR) is 196 cm³/mol. The Morgan fingerprint density at radius 3 is 2.12 bits per heavy atom. The van der Waals surface area contributed by atoms with Gasteiger partial charge in [0.05, 0.1) is 0 Å². The van der Waals surface area contributed by atoms with Crippen molar-refractivity contribution < 1.29 is 15.3 Å². The van der Waals surface area contributed by atoms with Crippen molar-refractivity contribution in [1.82, 2.24) is 10.6 Å². The van der Waals surface area contributed by atoms with Gasteiger partial charge in [0.25, 0.3) is 0 Å². The molecule has 0 saturated heterocycles. The molecule has 6 N–H and O–H groups in total. The summed E-state index contributed by atoms with van der Waals surface area (Å²) < 4.78 is 0. The number of amidine groups is 1. The van der Waals surface area contributed by atoms with E-state index in [4.69, 9.17) is 0 Å². The van der Waals surface area contributed by atoms with E-state index in [-0.39, 0.29) is 23.4 Å². The van der Waals surface area contributed by atoms with Crippen LogP contribution in [-0.2, 0) is 6.42 Å². The number of nitrogens with one attached hydrogen (secondary N) is 3. The van der Waals surface area contributed by atoms with E-state index in [1.807, 2.05) is 37.3 Å². The third-order valence-electron chi connectivity index (χ3n) is 9.78. The van der Waals surface area contributed by atoms with Gasteiger partial charge in [0, 0.05) is 28.3 Å². The minimum atomic E-state index is -0.695. The number of benzene rings is 6. The Hall–Kier alpha value is -5.59. The minimum Gasteiger partial charge on any atom is -0.504 e. The highest BCUT2D eigenvalue weighted by atomic mass is 16.3. The number of allylic oxidation sites excluding steroid dienone is 1. The Kier molecular flexibility index (Phi) is 8.11. The van der Waals surface area contributed by atoms with Crippen molar-refractivity contribution in [1.29, 1.82) is 5.41 Å². The van der Waals surface area contributed by atoms with Crippen LogP contribution in [0, 0.1) is 19.3 Å². The molecule has 0 amide bonds. The van der Waals surface area contributed by atoms with Crippen molar-refractivity contribution in [3.8, 4) is 28.4 Å². The lowest BCUT2D eigenvalue weighted by Gasteiger charge is -2.29. The maximum atomic E-state index is 10.8. The standard InChI is InChI=1S/C42H39N3O3/c1-24-37(25(2)39(47)40(48)38(24)46)42(44-26(3)27-13-15-29(16-14-27)28-9-5-4-6-10-28)45-41(43)32-18-17-31-20-21-34-33-12-8-7-11-30(33)19-22-35(34)36(31)23-32/h4-6,8-10,12-23,26,42,44,46-48H,7,11H2,1-3H3,(H2,43,45). The zero-order valence-corrected chi connectivity index (χ0v) is 27.3. The molecule has 1 aliphatic rings. The Morgan fingerprint density at radius 2 is 1.40 bits per heavy atom. The van der Waals surface area contributed by atoms with E-state index in [0.717, 1.165) is 45.7 Å². The van der Waals surface area contributed by atoms with Crippen LogP contribution in [0.4, 0.5) is 0 Å². The van der Waals surface area contributed by atoms with E-state index in [1.54, 1.807) is 13.8 Å². The highest BCUT2D eigenvalue weighted by Gasteiger charge is 2.27. The Balaban J connectivity index is 1.25. The molecule has 0 spiro atoms. The molecule has 2 atom stereocenters. The van der Waals surface area contributed by atoms with Crippen molar-refractivity contribution in [2.75, 3.05) is 0 Å². The topological polar surface area (TPSA) is 109 Å². The fraction of sp³-hybridized carbons (Fsp3) is 0.167. The molecule has 0 saturated carbocycles. The summed E-state index contributed by atoms with van der Waals surface area (Å²) in [4.78, 5) is 0. The van der Waals surface area contributed by atoms with Crippen molar-refractivity contribution >= 4 is 33.5 Å². The minimum absolute atomic E-state index is 0.182. The lowest BCUT2D eigenvalue weighted by Crippen LogP contribution is -2.40. The molecule has 7 rings (SSSR count). The Bertz CT molecular complexity index is 2190. The van der Waals surface area contributed by atoms with Gasteiger partial charge in [0.2, 0.25) is 5.75 Å². The van der Waals surface area contributed by atoms with Crippen molar-refractivity contribution in [3.05, 3.63) is 142 Å². The highest BCUT2D eigenvalue weighted by molar-refractivity contribution is 6.12. The summed E-state index contributed by atoms with van der Waals surface area (Å²) in [7, 11) is 0. The van der Waals surface area contributed by atoms with Gasteiger partial charge in [0.15, 0.2) is 11.5 Å². The maximum absolute atomic E-state index is 10.8. The molecule has 6 aromatic rings. The summed E-state index contributed by atoms with van der Waals surface area (Å²) in [6, 6.07) is 33.2. The molecule has 0 heterocycles. The SMILES string of the molecule is Cc1c(O)c(O)c(O)c(C)c1C(NC(=N)c1ccc2ccc3c4c(ccc3c2c1)CCC=C4)NC(C)c1ccc(-c2ccccc2)cc1. The molecule has 240 valence electrons. The smallest absolute Gasteiger partial charge is 0.200 e. The van der Waals surface area contributed by atoms with Crippen molar-refractivity contribution in [2.24, 2.45) is 0 Å². The van der Waals surface area contributed by atoms with E-state index in [0.29, 0.717) is 22.3 Å². The number of hydrogen-bond acceptors (Lipinski definition) is 5. The van der Waals surface area contributed by atoms with Crippen LogP contribution in [0.1, 0.15) is 64.5 Å². The zero-order chi connectivity index (χ0) is 33.5. The van der Waals surface area contributed by atoms with Crippen LogP contribution in [0.2, 0.25) is 0 Å². The molecular weight excluding hydrogens is 594 g/mol. The monoisotopic (exact) mass is 633 g/mol. The second kappa shape index (κ2) is 12.5. The molecule has 6 aromatic carbocycles. The van der Waals surface area contributed by atoms with E-state index >= 15 is 0 Å². The first-order valence-electron chi connectivity index (χ1n) is 16.4. The Labute approximate surface area is 280 Å². The van der Waals surface area contributed by atoms with Crippen molar-refractivity contribution in [2.45, 2.75) is 45.8 Å². The second-order valence-electron chi connectivity index (χ2n) is 12.7. The van der Waals surface area contributed by atoms with Gasteiger partial charge in [-0.3, -0.25) is 10.7 Å². The van der Waals surface area contributed by atoms with Gasteiger partial charge in [-0.05, 0) is 89.0 Å². The van der Waals surface area contributed by atoms with Gasteiger partial charge >= 0.3 is 0 Å². The normalized spacial score (nSPS) is 13.7. The third kappa shape index (κ3) is 5.54. The predicted octanol–water partition coefficient (Wildman–Crippen LogP) is 9.32. The molecule has 2 unspecified atom stereocenters. The second-order valence-corrected chi connectivity index (χ2v) is 12.7. The molecule has 0 fully saturated rings. The highest BCUT2D eigenvalue weighted by Crippen LogP contribution is 2.44. The quantitative estimate of drug-likeness (QED) is 0.0345. The Morgan fingerprint density at radius 1 is 0.729 bits per heavy atom. The number of rotatable bonds is 7. The van der Waals surface area contributed by atoms with Crippen LogP contribution < -0.4 is 10.6 Å². The van der Waals surface area contributed by atoms with Gasteiger partial charge in [-0.15, -0.1) is 0 Å². The average Bonchev–Trinajstić information content (AvgIpc) is 3.13. The molecule has 48 heavy (non-hydrogen) atoms. The van der Waals surface area contributed by atoms with Gasteiger partial charge in [-0.25, -0.2) is 0 Å². The number of fused-ring (bicyclic) bond motifs is 5. The molecule has 0 aromatic heterocycles. The van der Waals surface area contributed by atoms with Gasteiger partial charge in [-0.2, -0.15) is 0 Å². The number of aryl methyl sites for hydroxylation is 1. The summed E-state index contributed by atoms with van der Waals surface area (Å²) in [6.07, 6.45) is 5.86. The number of phenolic OH excluding ortho intramolecular Hbond substituents is 3. The van der Waals surface area contributed by atoms with Crippen LogP contribution >= 0.6 is 0 Å². The first kappa shape index (κ1) is 31.0. The summed E-state index contributed by atoms with van der Waals surface area (Å²) in [6.45, 7) is 5.44. The number of phenols is 3. The molecule has 0 bridgehead atoms. The molecule has 1 aliphatic carbocycles. The summed E-state index contributed by atoms with van der Waals surface area (Å²) in [5.74, 6) is -1.14. The lowest BCUT2D eigenvalue weighted by atomic mass is 9.90. The largest absolute Gasteiger partial charge is 0.504 e. The van der Waals surface area contributed by atoms with Crippen LogP contribution in [0.15, 0.2) is 103 Å². The van der Waals surface area contributed by atoms with Crippen LogP contribution in [0.5, 0.6) is 17.2 Å². The summed E-state index contributed by atoms with van der Waals surface area (Å²) in [5.41, 5.74) is 8.00. The van der Waals surface area contributed by atoms with Gasteiger partial charge in [0.1, 0.15) is 12.0 Å². The van der Waals surface area contributed by atoms with E-state index < -0.39 is 11.9 Å². The molecule has 6 heteroatoms. The fourth-order valence-electron chi connectivity index (χ4n) is 7.02. The average molecular weight is 634 g/mol. The molecular formula is C42H39N3O3. The summed E-state index contributed by atoms with van der Waals surface area (Å²) >= 11 is 0. The van der Waals surface area contributed by atoms with Crippen molar-refractivity contribution in [3.63, 3.8) is 0 Å².